The van der Waals surface area contributed by atoms with Gasteiger partial charge in [-0.15, -0.1) is 0 Å². The van der Waals surface area contributed by atoms with Crippen molar-refractivity contribution in [2.75, 3.05) is 19.7 Å². The van der Waals surface area contributed by atoms with Crippen molar-refractivity contribution >= 4 is 28.6 Å². The predicted molar refractivity (Wildman–Crippen MR) is 149 cm³/mol. The molecule has 3 aromatic rings. The molecular weight excluding hydrogens is 521 g/mol. The van der Waals surface area contributed by atoms with E-state index in [1.807, 2.05) is 30.4 Å². The van der Waals surface area contributed by atoms with E-state index in [0.717, 1.165) is 34.3 Å². The number of hydrogen-bond donors (Lipinski definition) is 3. The van der Waals surface area contributed by atoms with Gasteiger partial charge in [0.1, 0.15) is 17.3 Å². The summed E-state index contributed by atoms with van der Waals surface area (Å²) in [6.07, 6.45) is 10.7. The molecule has 204 valence electrons. The van der Waals surface area contributed by atoms with Crippen LogP contribution in [0.25, 0.3) is 10.9 Å². The van der Waals surface area contributed by atoms with E-state index in [9.17, 15) is 9.18 Å². The minimum Gasteiger partial charge on any atom is -0.494 e. The maximum absolute atomic E-state index is 13.4. The highest BCUT2D eigenvalue weighted by Crippen LogP contribution is 2.42. The molecule has 1 aromatic heterocycles. The molecule has 8 nitrogen and oxygen atoms in total. The van der Waals surface area contributed by atoms with E-state index in [2.05, 4.69) is 11.1 Å². The van der Waals surface area contributed by atoms with Gasteiger partial charge in [-0.3, -0.25) is 4.90 Å². The van der Waals surface area contributed by atoms with Crippen molar-refractivity contribution in [1.29, 1.82) is 0 Å². The number of benzene rings is 2. The molecule has 0 spiro atoms. The molecule has 2 atom stereocenters. The van der Waals surface area contributed by atoms with Crippen LogP contribution in [0.3, 0.4) is 0 Å². The minimum atomic E-state index is -0.480. The van der Waals surface area contributed by atoms with Gasteiger partial charge in [0.15, 0.2) is 0 Å². The monoisotopic (exact) mass is 551 g/mol. The summed E-state index contributed by atoms with van der Waals surface area (Å²) < 4.78 is 24.9. The molecule has 2 aromatic carbocycles. The number of nitrogens with two attached hydrogens (primary N) is 2. The van der Waals surface area contributed by atoms with Gasteiger partial charge in [0, 0.05) is 59.4 Å². The molecule has 0 bridgehead atoms. The second kappa shape index (κ2) is 11.8. The number of amides is 1. The van der Waals surface area contributed by atoms with Crippen molar-refractivity contribution in [3.8, 4) is 5.75 Å². The third kappa shape index (κ3) is 6.05. The molecule has 0 radical (unpaired) electrons. The first-order chi connectivity index (χ1) is 18.9. The summed E-state index contributed by atoms with van der Waals surface area (Å²) in [5, 5.41) is 3.24. The lowest BCUT2D eigenvalue weighted by Gasteiger charge is -2.39. The first-order valence-corrected chi connectivity index (χ1v) is 13.3. The van der Waals surface area contributed by atoms with Crippen LogP contribution >= 0.6 is 11.6 Å². The Morgan fingerprint density at radius 2 is 2.08 bits per heavy atom. The zero-order valence-corrected chi connectivity index (χ0v) is 22.1. The van der Waals surface area contributed by atoms with Gasteiger partial charge in [0.2, 0.25) is 0 Å². The normalized spacial score (nSPS) is 18.7. The molecule has 1 amide bonds. The fourth-order valence-electron chi connectivity index (χ4n) is 5.18. The van der Waals surface area contributed by atoms with E-state index >= 15 is 0 Å². The largest absolute Gasteiger partial charge is 0.494 e. The standard InChI is InChI=1S/C29H31ClFN5O3/c30-20-4-11-26-25(18-20)24-12-15-36(29(37)39-23-9-5-21(31)6-10-23)28(27(24)34-26)19-2-7-22(8-3-19)38-17-1-14-35(33)16-13-32/h2,4-11,13,16,18-19,28,34H,1,3,12,14-15,17,32-33H2/b16-13-/t19?,28-/m0/s1. The lowest BCUT2D eigenvalue weighted by atomic mass is 9.84. The number of aromatic amines is 1. The molecular formula is C29H31ClFN5O3. The number of halogens is 2. The second-order valence-electron chi connectivity index (χ2n) is 9.56. The number of carbonyl (C=O) groups is 1. The number of ether oxygens (including phenoxy) is 2. The van der Waals surface area contributed by atoms with E-state index in [0.29, 0.717) is 43.3 Å². The van der Waals surface area contributed by atoms with Crippen LogP contribution < -0.4 is 16.3 Å². The van der Waals surface area contributed by atoms with Gasteiger partial charge in [-0.05, 0) is 73.0 Å². The van der Waals surface area contributed by atoms with Crippen molar-refractivity contribution in [1.82, 2.24) is 14.9 Å². The molecule has 5 N–H and O–H groups in total. The third-order valence-corrected chi connectivity index (χ3v) is 7.24. The van der Waals surface area contributed by atoms with Gasteiger partial charge < -0.3 is 25.2 Å². The lowest BCUT2D eigenvalue weighted by molar-refractivity contribution is 0.110. The highest BCUT2D eigenvalue weighted by atomic mass is 35.5. The SMILES string of the molecule is N/C=C\N(N)CCCOC1=CCC([C@H]2c3[nH]c4ccc(Cl)cc4c3CCN2C(=O)Oc2ccc(F)cc2)C=C1. The Morgan fingerprint density at radius 1 is 1.26 bits per heavy atom. The third-order valence-electron chi connectivity index (χ3n) is 7.00. The van der Waals surface area contributed by atoms with Crippen LogP contribution in [0.1, 0.15) is 30.1 Å². The number of nitrogens with one attached hydrogen (secondary N) is 1. The maximum Gasteiger partial charge on any atom is 0.415 e. The summed E-state index contributed by atoms with van der Waals surface area (Å²) in [7, 11) is 0. The number of H-pyrrole nitrogens is 1. The molecule has 0 fully saturated rings. The molecule has 0 saturated carbocycles. The van der Waals surface area contributed by atoms with Crippen molar-refractivity contribution in [3.05, 3.63) is 101 Å². The lowest BCUT2D eigenvalue weighted by Crippen LogP contribution is -2.44. The fraction of sp³-hybridized carbons (Fsp3) is 0.276. The second-order valence-corrected chi connectivity index (χ2v) is 10.0. The molecule has 5 rings (SSSR count). The number of allylic oxidation sites excluding steroid dienone is 2. The van der Waals surface area contributed by atoms with Crippen LogP contribution in [0.2, 0.25) is 5.02 Å². The molecule has 10 heteroatoms. The van der Waals surface area contributed by atoms with Gasteiger partial charge in [-0.2, -0.15) is 0 Å². The summed E-state index contributed by atoms with van der Waals surface area (Å²) in [5.74, 6) is 6.45. The van der Waals surface area contributed by atoms with Gasteiger partial charge in [-0.25, -0.2) is 15.0 Å². The van der Waals surface area contributed by atoms with Gasteiger partial charge in [0.05, 0.1) is 12.6 Å². The van der Waals surface area contributed by atoms with Crippen LogP contribution in [-0.4, -0.2) is 40.7 Å². The Labute approximate surface area is 231 Å². The molecule has 2 aliphatic rings. The number of hydrogen-bond acceptors (Lipinski definition) is 6. The summed E-state index contributed by atoms with van der Waals surface area (Å²) in [4.78, 5) is 18.7. The molecule has 1 aliphatic carbocycles. The van der Waals surface area contributed by atoms with Crippen molar-refractivity contribution < 1.29 is 18.7 Å². The Hall–Kier alpha value is -3.95. The van der Waals surface area contributed by atoms with Gasteiger partial charge >= 0.3 is 6.09 Å². The van der Waals surface area contributed by atoms with Crippen LogP contribution in [0.5, 0.6) is 5.75 Å². The van der Waals surface area contributed by atoms with Gasteiger partial charge in [0.25, 0.3) is 0 Å². The molecule has 2 heterocycles. The zero-order chi connectivity index (χ0) is 27.4. The quantitative estimate of drug-likeness (QED) is 0.193. The number of aromatic nitrogens is 1. The first kappa shape index (κ1) is 26.6. The Morgan fingerprint density at radius 3 is 2.82 bits per heavy atom. The van der Waals surface area contributed by atoms with Crippen LogP contribution in [-0.2, 0) is 11.2 Å². The van der Waals surface area contributed by atoms with Crippen molar-refractivity contribution in [3.63, 3.8) is 0 Å². The minimum absolute atomic E-state index is 0.0186. The molecule has 1 unspecified atom stereocenters. The number of fused-ring (bicyclic) bond motifs is 3. The van der Waals surface area contributed by atoms with Crippen LogP contribution in [0.4, 0.5) is 9.18 Å². The number of hydrazine groups is 1. The summed E-state index contributed by atoms with van der Waals surface area (Å²) in [6.45, 7) is 1.61. The summed E-state index contributed by atoms with van der Waals surface area (Å²) in [5.41, 5.74) is 8.45. The number of nitrogens with zero attached hydrogens (tertiary/aromatic N) is 2. The number of carbonyl (C=O) groups excluding carboxylic acids is 1. The Kier molecular flexibility index (Phi) is 8.09. The zero-order valence-electron chi connectivity index (χ0n) is 21.4. The maximum atomic E-state index is 13.4. The van der Waals surface area contributed by atoms with Crippen molar-refractivity contribution in [2.24, 2.45) is 17.5 Å². The Balaban J connectivity index is 1.35. The van der Waals surface area contributed by atoms with E-state index in [1.54, 1.807) is 11.1 Å². The van der Waals surface area contributed by atoms with Gasteiger partial charge in [-0.1, -0.05) is 17.7 Å². The predicted octanol–water partition coefficient (Wildman–Crippen LogP) is 5.53. The van der Waals surface area contributed by atoms with E-state index in [1.165, 1.54) is 35.5 Å². The average Bonchev–Trinajstić information content (AvgIpc) is 3.30. The molecule has 0 saturated heterocycles. The highest BCUT2D eigenvalue weighted by Gasteiger charge is 2.39. The topological polar surface area (TPSA) is 110 Å². The average molecular weight is 552 g/mol. The molecule has 1 aliphatic heterocycles. The fourth-order valence-corrected chi connectivity index (χ4v) is 5.35. The Bertz CT molecular complexity index is 1420. The first-order valence-electron chi connectivity index (χ1n) is 12.9. The molecule has 39 heavy (non-hydrogen) atoms. The van der Waals surface area contributed by atoms with E-state index < -0.39 is 11.9 Å². The van der Waals surface area contributed by atoms with E-state index in [4.69, 9.17) is 32.7 Å². The van der Waals surface area contributed by atoms with E-state index in [-0.39, 0.29) is 12.0 Å². The highest BCUT2D eigenvalue weighted by molar-refractivity contribution is 6.31. The summed E-state index contributed by atoms with van der Waals surface area (Å²) in [6, 6.07) is 10.9. The van der Waals surface area contributed by atoms with Crippen molar-refractivity contribution in [2.45, 2.75) is 25.3 Å². The van der Waals surface area contributed by atoms with Crippen LogP contribution in [0.15, 0.2) is 78.9 Å². The smallest absolute Gasteiger partial charge is 0.415 e. The number of rotatable bonds is 8. The van der Waals surface area contributed by atoms with Crippen LogP contribution in [0, 0.1) is 11.7 Å². The summed E-state index contributed by atoms with van der Waals surface area (Å²) >= 11 is 6.31.